The molecule has 0 aliphatic carbocycles. The summed E-state index contributed by atoms with van der Waals surface area (Å²) in [6.07, 6.45) is 2.93. The summed E-state index contributed by atoms with van der Waals surface area (Å²) in [5.74, 6) is 0.223. The summed E-state index contributed by atoms with van der Waals surface area (Å²) < 4.78 is 19.3. The van der Waals surface area contributed by atoms with Crippen LogP contribution in [0.15, 0.2) is 28.5 Å². The predicted octanol–water partition coefficient (Wildman–Crippen LogP) is 4.11. The first kappa shape index (κ1) is 16.8. The van der Waals surface area contributed by atoms with Crippen LogP contribution in [0.4, 0.5) is 9.52 Å². The topological polar surface area (TPSA) is 51.2 Å². The van der Waals surface area contributed by atoms with E-state index in [0.29, 0.717) is 30.3 Å². The maximum absolute atomic E-state index is 12.7. The number of amides is 1. The number of anilines is 1. The lowest BCUT2D eigenvalue weighted by molar-refractivity contribution is -0.116. The average molecular weight is 340 g/mol. The molecule has 0 atom stereocenters. The van der Waals surface area contributed by atoms with E-state index in [-0.39, 0.29) is 11.7 Å². The molecule has 1 heterocycles. The number of halogens is 1. The van der Waals surface area contributed by atoms with E-state index in [1.54, 1.807) is 23.9 Å². The fourth-order valence-corrected chi connectivity index (χ4v) is 3.39. The molecule has 0 unspecified atom stereocenters. The zero-order valence-corrected chi connectivity index (χ0v) is 14.0. The minimum absolute atomic E-state index is 0.0795. The number of thiazole rings is 1. The van der Waals surface area contributed by atoms with E-state index in [4.69, 9.17) is 4.74 Å². The first-order chi connectivity index (χ1) is 10.6. The molecule has 0 saturated heterocycles. The van der Waals surface area contributed by atoms with Crippen LogP contribution in [-0.4, -0.2) is 23.8 Å². The van der Waals surface area contributed by atoms with Gasteiger partial charge in [-0.3, -0.25) is 4.79 Å². The van der Waals surface area contributed by atoms with E-state index in [1.165, 1.54) is 23.5 Å². The Labute approximate surface area is 137 Å². The van der Waals surface area contributed by atoms with Crippen molar-refractivity contribution < 1.29 is 13.9 Å². The first-order valence-electron chi connectivity index (χ1n) is 6.78. The Hall–Kier alpha value is -1.60. The van der Waals surface area contributed by atoms with E-state index in [2.05, 4.69) is 10.3 Å². The molecule has 0 bridgehead atoms. The molecule has 1 aromatic carbocycles. The third-order valence-corrected chi connectivity index (χ3v) is 5.10. The molecule has 0 aliphatic heterocycles. The van der Waals surface area contributed by atoms with Gasteiger partial charge >= 0.3 is 0 Å². The van der Waals surface area contributed by atoms with Gasteiger partial charge < -0.3 is 10.1 Å². The Kier molecular flexibility index (Phi) is 6.21. The van der Waals surface area contributed by atoms with E-state index >= 15 is 0 Å². The van der Waals surface area contributed by atoms with E-state index in [0.717, 1.165) is 9.90 Å². The molecule has 0 fully saturated rings. The molecule has 1 N–H and O–H groups in total. The van der Waals surface area contributed by atoms with Crippen LogP contribution in [0.3, 0.4) is 0 Å². The highest BCUT2D eigenvalue weighted by Crippen LogP contribution is 2.30. The molecule has 118 valence electrons. The number of hydrogen-bond donors (Lipinski definition) is 1. The van der Waals surface area contributed by atoms with Gasteiger partial charge in [0.2, 0.25) is 5.91 Å². The van der Waals surface area contributed by atoms with E-state index < -0.39 is 0 Å². The smallest absolute Gasteiger partial charge is 0.226 e. The lowest BCUT2D eigenvalue weighted by atomic mass is 10.3. The minimum atomic E-state index is -0.296. The van der Waals surface area contributed by atoms with Gasteiger partial charge in [-0.25, -0.2) is 9.37 Å². The zero-order valence-electron chi connectivity index (χ0n) is 12.4. The molecule has 1 aromatic heterocycles. The number of thioether (sulfide) groups is 1. The molecule has 1 amide bonds. The highest BCUT2D eigenvalue weighted by molar-refractivity contribution is 8.00. The number of aromatic nitrogens is 1. The van der Waals surface area contributed by atoms with Gasteiger partial charge in [0, 0.05) is 6.42 Å². The maximum atomic E-state index is 12.7. The van der Waals surface area contributed by atoms with Crippen LogP contribution in [0.1, 0.15) is 18.5 Å². The van der Waals surface area contributed by atoms with E-state index in [1.807, 2.05) is 13.2 Å². The molecule has 2 aromatic rings. The number of benzene rings is 1. The second-order valence-electron chi connectivity index (χ2n) is 4.55. The molecule has 2 rings (SSSR count). The van der Waals surface area contributed by atoms with Crippen molar-refractivity contribution in [2.24, 2.45) is 0 Å². The number of nitrogens with zero attached hydrogens (tertiary/aromatic N) is 1. The van der Waals surface area contributed by atoms with Crippen molar-refractivity contribution in [1.82, 2.24) is 4.98 Å². The lowest BCUT2D eigenvalue weighted by Gasteiger charge is -2.05. The number of ether oxygens (including phenoxy) is 1. The van der Waals surface area contributed by atoms with Crippen LogP contribution < -0.4 is 10.1 Å². The molecule has 0 spiro atoms. The summed E-state index contributed by atoms with van der Waals surface area (Å²) in [6.45, 7) is 2.33. The summed E-state index contributed by atoms with van der Waals surface area (Å²) in [5, 5.41) is 3.42. The number of carbonyl (C=O) groups is 1. The third-order valence-electron chi connectivity index (χ3n) is 2.82. The Morgan fingerprint density at radius 3 is 2.77 bits per heavy atom. The highest BCUT2D eigenvalue weighted by Gasteiger charge is 2.09. The second kappa shape index (κ2) is 8.14. The van der Waals surface area contributed by atoms with Crippen molar-refractivity contribution in [3.63, 3.8) is 0 Å². The third kappa shape index (κ3) is 4.99. The van der Waals surface area contributed by atoms with Crippen LogP contribution in [0, 0.1) is 12.7 Å². The van der Waals surface area contributed by atoms with Crippen molar-refractivity contribution in [2.45, 2.75) is 24.0 Å². The minimum Gasteiger partial charge on any atom is -0.494 e. The van der Waals surface area contributed by atoms with Crippen LogP contribution in [-0.2, 0) is 4.79 Å². The summed E-state index contributed by atoms with van der Waals surface area (Å²) in [4.78, 5) is 16.1. The Morgan fingerprint density at radius 2 is 2.14 bits per heavy atom. The largest absolute Gasteiger partial charge is 0.494 e. The van der Waals surface area contributed by atoms with Gasteiger partial charge in [0.25, 0.3) is 0 Å². The number of carbonyl (C=O) groups excluding carboxylic acids is 1. The molecular weight excluding hydrogens is 323 g/mol. The average Bonchev–Trinajstić information content (AvgIpc) is 2.85. The molecule has 22 heavy (non-hydrogen) atoms. The standard InChI is InChI=1S/C15H17FN2O2S2/c1-10-14(21-2)22-15(17-10)18-13(19)4-3-9-20-12-7-5-11(16)6-8-12/h5-8H,3-4,9H2,1-2H3,(H,17,18,19). The SMILES string of the molecule is CSc1sc(NC(=O)CCCOc2ccc(F)cc2)nc1C. The summed E-state index contributed by atoms with van der Waals surface area (Å²) in [5.41, 5.74) is 0.937. The van der Waals surface area contributed by atoms with Crippen molar-refractivity contribution in [2.75, 3.05) is 18.2 Å². The maximum Gasteiger partial charge on any atom is 0.226 e. The Morgan fingerprint density at radius 1 is 1.41 bits per heavy atom. The monoisotopic (exact) mass is 340 g/mol. The number of rotatable bonds is 7. The normalized spacial score (nSPS) is 10.5. The second-order valence-corrected chi connectivity index (χ2v) is 6.62. The molecule has 0 radical (unpaired) electrons. The van der Waals surface area contributed by atoms with Crippen molar-refractivity contribution in [3.8, 4) is 5.75 Å². The zero-order chi connectivity index (χ0) is 15.9. The summed E-state index contributed by atoms with van der Waals surface area (Å²) >= 11 is 3.10. The highest BCUT2D eigenvalue weighted by atomic mass is 32.2. The van der Waals surface area contributed by atoms with Gasteiger partial charge in [0.1, 0.15) is 11.6 Å². The lowest BCUT2D eigenvalue weighted by Crippen LogP contribution is -2.12. The van der Waals surface area contributed by atoms with E-state index in [9.17, 15) is 9.18 Å². The van der Waals surface area contributed by atoms with Gasteiger partial charge in [-0.2, -0.15) is 0 Å². The summed E-state index contributed by atoms with van der Waals surface area (Å²) in [7, 11) is 0. The molecule has 7 heteroatoms. The van der Waals surface area contributed by atoms with Gasteiger partial charge in [-0.05, 0) is 43.9 Å². The van der Waals surface area contributed by atoms with Gasteiger partial charge in [-0.1, -0.05) is 11.3 Å². The van der Waals surface area contributed by atoms with Crippen molar-refractivity contribution in [1.29, 1.82) is 0 Å². The van der Waals surface area contributed by atoms with Crippen molar-refractivity contribution >= 4 is 34.1 Å². The molecule has 4 nitrogen and oxygen atoms in total. The fraction of sp³-hybridized carbons (Fsp3) is 0.333. The van der Waals surface area contributed by atoms with Crippen LogP contribution in [0.5, 0.6) is 5.75 Å². The van der Waals surface area contributed by atoms with Crippen LogP contribution >= 0.6 is 23.1 Å². The fourth-order valence-electron chi connectivity index (χ4n) is 1.76. The number of hydrogen-bond acceptors (Lipinski definition) is 5. The Bertz CT molecular complexity index is 629. The predicted molar refractivity (Wildman–Crippen MR) is 88.4 cm³/mol. The number of aryl methyl sites for hydroxylation is 1. The Balaban J connectivity index is 1.70. The molecule has 0 saturated carbocycles. The quantitative estimate of drug-likeness (QED) is 0.609. The van der Waals surface area contributed by atoms with Gasteiger partial charge in [0.05, 0.1) is 16.5 Å². The van der Waals surface area contributed by atoms with Gasteiger partial charge in [0.15, 0.2) is 5.13 Å². The van der Waals surface area contributed by atoms with Gasteiger partial charge in [-0.15, -0.1) is 11.8 Å². The van der Waals surface area contributed by atoms with Crippen LogP contribution in [0.25, 0.3) is 0 Å². The summed E-state index contributed by atoms with van der Waals surface area (Å²) in [6, 6.07) is 5.82. The molecular formula is C15H17FN2O2S2. The molecule has 0 aliphatic rings. The number of nitrogens with one attached hydrogen (secondary N) is 1. The first-order valence-corrected chi connectivity index (χ1v) is 8.82. The van der Waals surface area contributed by atoms with Crippen molar-refractivity contribution in [3.05, 3.63) is 35.8 Å². The van der Waals surface area contributed by atoms with Crippen LogP contribution in [0.2, 0.25) is 0 Å².